The molecule has 0 bridgehead atoms. The quantitative estimate of drug-likeness (QED) is 0.580. The zero-order chi connectivity index (χ0) is 11.5. The van der Waals surface area contributed by atoms with Gasteiger partial charge in [-0.3, -0.25) is 0 Å². The van der Waals surface area contributed by atoms with Crippen molar-refractivity contribution in [2.75, 3.05) is 6.61 Å². The van der Waals surface area contributed by atoms with Gasteiger partial charge in [0.15, 0.2) is 0 Å². The summed E-state index contributed by atoms with van der Waals surface area (Å²) in [7, 11) is -1.97. The van der Waals surface area contributed by atoms with Crippen LogP contribution in [-0.2, 0) is 8.85 Å². The summed E-state index contributed by atoms with van der Waals surface area (Å²) in [6.07, 6.45) is 4.59. The first-order valence-electron chi connectivity index (χ1n) is 5.57. The molecule has 1 aliphatic rings. The summed E-state index contributed by atoms with van der Waals surface area (Å²) >= 11 is 0. The molecule has 0 spiro atoms. The summed E-state index contributed by atoms with van der Waals surface area (Å²) in [5.74, 6) is 0.350. The van der Waals surface area contributed by atoms with Gasteiger partial charge < -0.3 is 14.0 Å². The molecule has 0 aromatic carbocycles. The Morgan fingerprint density at radius 1 is 1.40 bits per heavy atom. The molecule has 4 heteroatoms. The maximum atomic E-state index is 9.31. The number of aliphatic hydroxyl groups is 1. The lowest BCUT2D eigenvalue weighted by Crippen LogP contribution is -2.38. The molecule has 0 unspecified atom stereocenters. The molecular weight excluding hydrogens is 208 g/mol. The predicted molar refractivity (Wildman–Crippen MR) is 62.9 cm³/mol. The number of rotatable bonds is 5. The van der Waals surface area contributed by atoms with Gasteiger partial charge >= 0.3 is 8.56 Å². The summed E-state index contributed by atoms with van der Waals surface area (Å²) in [6, 6.07) is 0. The molecule has 0 amide bonds. The molecule has 0 heterocycles. The lowest BCUT2D eigenvalue weighted by molar-refractivity contribution is 0.123. The lowest BCUT2D eigenvalue weighted by atomic mass is 10.1. The molecule has 0 aromatic heterocycles. The van der Waals surface area contributed by atoms with E-state index in [4.69, 9.17) is 8.85 Å². The summed E-state index contributed by atoms with van der Waals surface area (Å²) in [5, 5.41) is 9.31. The molecule has 2 atom stereocenters. The Hall–Kier alpha value is -0.163. The second-order valence-corrected chi connectivity index (χ2v) is 8.15. The van der Waals surface area contributed by atoms with E-state index in [9.17, 15) is 5.11 Å². The fourth-order valence-electron chi connectivity index (χ4n) is 1.79. The standard InChI is InChI=1S/C11H22O3Si/c1-9(2)14-15(3,4)13-8-10-5-6-11(12)7-10/h5-6,9-12H,7-8H2,1-4H3/t10-,11-/m1/s1. The van der Waals surface area contributed by atoms with E-state index in [-0.39, 0.29) is 12.2 Å². The van der Waals surface area contributed by atoms with Crippen LogP contribution < -0.4 is 0 Å². The summed E-state index contributed by atoms with van der Waals surface area (Å²) in [6.45, 7) is 8.83. The third-order valence-electron chi connectivity index (χ3n) is 2.31. The van der Waals surface area contributed by atoms with Crippen molar-refractivity contribution < 1.29 is 14.0 Å². The number of aliphatic hydroxyl groups excluding tert-OH is 1. The first kappa shape index (κ1) is 12.9. The Morgan fingerprint density at radius 3 is 2.53 bits per heavy atom. The minimum atomic E-state index is -1.97. The van der Waals surface area contributed by atoms with E-state index in [1.807, 2.05) is 26.0 Å². The van der Waals surface area contributed by atoms with Gasteiger partial charge in [0.05, 0.1) is 6.10 Å². The molecule has 15 heavy (non-hydrogen) atoms. The molecule has 0 saturated carbocycles. The second kappa shape index (κ2) is 5.25. The normalized spacial score (nSPS) is 26.5. The average Bonchev–Trinajstić information content (AvgIpc) is 2.46. The van der Waals surface area contributed by atoms with Crippen LogP contribution in [0, 0.1) is 5.92 Å². The maximum absolute atomic E-state index is 9.31. The minimum Gasteiger partial charge on any atom is -0.394 e. The monoisotopic (exact) mass is 230 g/mol. The average molecular weight is 230 g/mol. The Morgan fingerprint density at radius 2 is 2.07 bits per heavy atom. The fraction of sp³-hybridized carbons (Fsp3) is 0.818. The van der Waals surface area contributed by atoms with Crippen molar-refractivity contribution >= 4 is 8.56 Å². The fourth-order valence-corrected chi connectivity index (χ4v) is 3.60. The smallest absolute Gasteiger partial charge is 0.331 e. The van der Waals surface area contributed by atoms with Crippen LogP contribution in [0.5, 0.6) is 0 Å². The van der Waals surface area contributed by atoms with E-state index in [2.05, 4.69) is 13.1 Å². The zero-order valence-electron chi connectivity index (χ0n) is 10.1. The van der Waals surface area contributed by atoms with Crippen molar-refractivity contribution in [1.29, 1.82) is 0 Å². The summed E-state index contributed by atoms with van der Waals surface area (Å²) in [5.41, 5.74) is 0. The first-order chi connectivity index (χ1) is 6.89. The van der Waals surface area contributed by atoms with E-state index in [0.29, 0.717) is 12.5 Å². The van der Waals surface area contributed by atoms with Crippen LogP contribution in [0.15, 0.2) is 12.2 Å². The van der Waals surface area contributed by atoms with Crippen molar-refractivity contribution in [3.8, 4) is 0 Å². The minimum absolute atomic E-state index is 0.219. The molecule has 1 rings (SSSR count). The molecule has 0 radical (unpaired) electrons. The van der Waals surface area contributed by atoms with E-state index >= 15 is 0 Å². The van der Waals surface area contributed by atoms with E-state index < -0.39 is 8.56 Å². The molecule has 88 valence electrons. The van der Waals surface area contributed by atoms with Gasteiger partial charge in [-0.15, -0.1) is 0 Å². The van der Waals surface area contributed by atoms with Crippen LogP contribution in [0.1, 0.15) is 20.3 Å². The highest BCUT2D eigenvalue weighted by molar-refractivity contribution is 6.64. The molecule has 3 nitrogen and oxygen atoms in total. The van der Waals surface area contributed by atoms with Gasteiger partial charge in [-0.1, -0.05) is 12.2 Å². The van der Waals surface area contributed by atoms with Crippen LogP contribution in [0.3, 0.4) is 0 Å². The number of hydrogen-bond acceptors (Lipinski definition) is 3. The van der Waals surface area contributed by atoms with E-state index in [1.54, 1.807) is 0 Å². The van der Waals surface area contributed by atoms with Gasteiger partial charge in [-0.25, -0.2) is 0 Å². The third kappa shape index (κ3) is 4.93. The van der Waals surface area contributed by atoms with Crippen LogP contribution in [0.2, 0.25) is 13.1 Å². The van der Waals surface area contributed by atoms with Crippen LogP contribution in [0.25, 0.3) is 0 Å². The Kier molecular flexibility index (Phi) is 4.52. The van der Waals surface area contributed by atoms with Crippen molar-refractivity contribution in [3.05, 3.63) is 12.2 Å². The van der Waals surface area contributed by atoms with Crippen molar-refractivity contribution in [2.24, 2.45) is 5.92 Å². The molecule has 0 aromatic rings. The Labute approximate surface area is 93.3 Å². The molecule has 1 aliphatic carbocycles. The van der Waals surface area contributed by atoms with E-state index in [1.165, 1.54) is 0 Å². The molecule has 1 N–H and O–H groups in total. The zero-order valence-corrected chi connectivity index (χ0v) is 11.1. The molecule has 0 aliphatic heterocycles. The number of hydrogen-bond donors (Lipinski definition) is 1. The van der Waals surface area contributed by atoms with Crippen molar-refractivity contribution in [3.63, 3.8) is 0 Å². The van der Waals surface area contributed by atoms with Crippen molar-refractivity contribution in [2.45, 2.75) is 45.6 Å². The highest BCUT2D eigenvalue weighted by Crippen LogP contribution is 2.20. The predicted octanol–water partition coefficient (Wildman–Crippen LogP) is 2.07. The van der Waals surface area contributed by atoms with Gasteiger partial charge in [-0.2, -0.15) is 0 Å². The van der Waals surface area contributed by atoms with Crippen molar-refractivity contribution in [1.82, 2.24) is 0 Å². The van der Waals surface area contributed by atoms with Gasteiger partial charge in [0.2, 0.25) is 0 Å². The first-order valence-corrected chi connectivity index (χ1v) is 8.39. The molecule has 0 saturated heterocycles. The molecular formula is C11H22O3Si. The van der Waals surface area contributed by atoms with Crippen LogP contribution in [0.4, 0.5) is 0 Å². The third-order valence-corrected chi connectivity index (χ3v) is 4.22. The van der Waals surface area contributed by atoms with Crippen LogP contribution >= 0.6 is 0 Å². The Bertz CT molecular complexity index is 226. The second-order valence-electron chi connectivity index (χ2n) is 4.83. The largest absolute Gasteiger partial charge is 0.394 e. The van der Waals surface area contributed by atoms with Gasteiger partial charge in [0.1, 0.15) is 0 Å². The van der Waals surface area contributed by atoms with Gasteiger partial charge in [-0.05, 0) is 33.4 Å². The summed E-state index contributed by atoms with van der Waals surface area (Å²) in [4.78, 5) is 0. The summed E-state index contributed by atoms with van der Waals surface area (Å²) < 4.78 is 11.6. The SMILES string of the molecule is CC(C)O[Si](C)(C)OC[C@@H]1C=C[C@@H](O)C1. The Balaban J connectivity index is 2.27. The van der Waals surface area contributed by atoms with Gasteiger partial charge in [0, 0.05) is 18.6 Å². The van der Waals surface area contributed by atoms with E-state index in [0.717, 1.165) is 6.42 Å². The molecule has 0 fully saturated rings. The highest BCUT2D eigenvalue weighted by atomic mass is 28.4. The highest BCUT2D eigenvalue weighted by Gasteiger charge is 2.28. The lowest BCUT2D eigenvalue weighted by Gasteiger charge is -2.26. The maximum Gasteiger partial charge on any atom is 0.331 e. The van der Waals surface area contributed by atoms with Crippen LogP contribution in [-0.4, -0.2) is 32.5 Å². The topological polar surface area (TPSA) is 38.7 Å². The van der Waals surface area contributed by atoms with Gasteiger partial charge in [0.25, 0.3) is 0 Å².